The Labute approximate surface area is 141 Å². The predicted octanol–water partition coefficient (Wildman–Crippen LogP) is 4.35. The third kappa shape index (κ3) is 4.04. The number of hydrogen-bond donors (Lipinski definition) is 1. The third-order valence-electron chi connectivity index (χ3n) is 3.56. The molecule has 0 atom stereocenters. The Morgan fingerprint density at radius 1 is 1.00 bits per heavy atom. The molecule has 0 saturated carbocycles. The van der Waals surface area contributed by atoms with E-state index in [9.17, 15) is 4.79 Å². The molecule has 0 fully saturated rings. The van der Waals surface area contributed by atoms with E-state index in [1.54, 1.807) is 12.1 Å². The highest BCUT2D eigenvalue weighted by molar-refractivity contribution is 5.97. The molecule has 1 amide bonds. The van der Waals surface area contributed by atoms with Gasteiger partial charge in [0.25, 0.3) is 5.91 Å². The normalized spacial score (nSPS) is 10.4. The summed E-state index contributed by atoms with van der Waals surface area (Å²) in [4.78, 5) is 12.4. The zero-order valence-electron chi connectivity index (χ0n) is 13.5. The second-order valence-electron chi connectivity index (χ2n) is 5.43. The zero-order chi connectivity index (χ0) is 16.8. The first-order valence-electron chi connectivity index (χ1n) is 7.88. The summed E-state index contributed by atoms with van der Waals surface area (Å²) in [6.45, 7) is 2.41. The molecule has 0 aliphatic rings. The summed E-state index contributed by atoms with van der Waals surface area (Å²) in [5.74, 6) is 2.81. The van der Waals surface area contributed by atoms with Crippen molar-refractivity contribution in [2.24, 2.45) is 0 Å². The van der Waals surface area contributed by atoms with Gasteiger partial charge in [0.05, 0.1) is 5.56 Å². The molecular formula is C20H19NO3. The summed E-state index contributed by atoms with van der Waals surface area (Å²) in [5.41, 5.74) is 0.511. The van der Waals surface area contributed by atoms with Gasteiger partial charge in [-0.25, -0.2) is 0 Å². The molecule has 0 bridgehead atoms. The molecule has 122 valence electrons. The van der Waals surface area contributed by atoms with E-state index in [0.29, 0.717) is 30.0 Å². The fourth-order valence-electron chi connectivity index (χ4n) is 2.37. The van der Waals surface area contributed by atoms with Crippen LogP contribution in [0, 0.1) is 6.92 Å². The van der Waals surface area contributed by atoms with Gasteiger partial charge in [-0.3, -0.25) is 4.79 Å². The van der Waals surface area contributed by atoms with Crippen molar-refractivity contribution >= 4 is 5.91 Å². The van der Waals surface area contributed by atoms with Crippen molar-refractivity contribution in [1.82, 2.24) is 5.32 Å². The van der Waals surface area contributed by atoms with Crippen LogP contribution in [-0.4, -0.2) is 12.5 Å². The lowest BCUT2D eigenvalue weighted by atomic mass is 10.2. The maximum atomic E-state index is 12.4. The second kappa shape index (κ2) is 7.51. The van der Waals surface area contributed by atoms with Crippen LogP contribution in [0.1, 0.15) is 21.9 Å². The number of carbonyl (C=O) groups excluding carboxylic acids is 1. The first kappa shape index (κ1) is 15.9. The van der Waals surface area contributed by atoms with Crippen molar-refractivity contribution < 1.29 is 13.9 Å². The molecule has 2 aromatic carbocycles. The largest absolute Gasteiger partial charge is 0.466 e. The molecule has 0 unspecified atom stereocenters. The van der Waals surface area contributed by atoms with Crippen molar-refractivity contribution in [3.8, 4) is 11.5 Å². The number of nitrogens with one attached hydrogen (secondary N) is 1. The molecule has 0 radical (unpaired) electrons. The lowest BCUT2D eigenvalue weighted by Gasteiger charge is -2.11. The predicted molar refractivity (Wildman–Crippen MR) is 92.4 cm³/mol. The fourth-order valence-corrected chi connectivity index (χ4v) is 2.37. The van der Waals surface area contributed by atoms with Crippen molar-refractivity contribution in [2.75, 3.05) is 6.54 Å². The zero-order valence-corrected chi connectivity index (χ0v) is 13.5. The number of hydrogen-bond acceptors (Lipinski definition) is 3. The number of amides is 1. The number of rotatable bonds is 6. The highest BCUT2D eigenvalue weighted by atomic mass is 16.5. The van der Waals surface area contributed by atoms with E-state index in [-0.39, 0.29) is 5.91 Å². The van der Waals surface area contributed by atoms with Crippen molar-refractivity contribution in [3.05, 3.63) is 83.8 Å². The monoisotopic (exact) mass is 321 g/mol. The van der Waals surface area contributed by atoms with Crippen LogP contribution >= 0.6 is 0 Å². The Kier molecular flexibility index (Phi) is 4.96. The summed E-state index contributed by atoms with van der Waals surface area (Å²) >= 11 is 0. The van der Waals surface area contributed by atoms with Crippen molar-refractivity contribution in [1.29, 1.82) is 0 Å². The standard InChI is InChI=1S/C20H19NO3/c1-15-11-12-17(23-15)13-14-21-20(22)18-9-5-6-10-19(18)24-16-7-3-2-4-8-16/h2-12H,13-14H2,1H3,(H,21,22). The molecule has 3 aromatic rings. The highest BCUT2D eigenvalue weighted by Crippen LogP contribution is 2.24. The smallest absolute Gasteiger partial charge is 0.255 e. The van der Waals surface area contributed by atoms with Crippen LogP contribution in [0.3, 0.4) is 0 Å². The quantitative estimate of drug-likeness (QED) is 0.734. The highest BCUT2D eigenvalue weighted by Gasteiger charge is 2.12. The minimum Gasteiger partial charge on any atom is -0.466 e. The molecule has 4 heteroatoms. The Morgan fingerprint density at radius 2 is 1.75 bits per heavy atom. The van der Waals surface area contributed by atoms with E-state index in [0.717, 1.165) is 11.5 Å². The lowest BCUT2D eigenvalue weighted by molar-refractivity contribution is 0.0951. The number of carbonyl (C=O) groups is 1. The summed E-state index contributed by atoms with van der Waals surface area (Å²) in [7, 11) is 0. The summed E-state index contributed by atoms with van der Waals surface area (Å²) < 4.78 is 11.3. The van der Waals surface area contributed by atoms with Crippen LogP contribution in [0.2, 0.25) is 0 Å². The van der Waals surface area contributed by atoms with E-state index in [1.165, 1.54) is 0 Å². The van der Waals surface area contributed by atoms with E-state index < -0.39 is 0 Å². The van der Waals surface area contributed by atoms with E-state index in [1.807, 2.05) is 61.5 Å². The average Bonchev–Trinajstić information content (AvgIpc) is 3.01. The van der Waals surface area contributed by atoms with Crippen molar-refractivity contribution in [3.63, 3.8) is 0 Å². The molecule has 0 aliphatic heterocycles. The number of aryl methyl sites for hydroxylation is 1. The van der Waals surface area contributed by atoms with Crippen LogP contribution in [-0.2, 0) is 6.42 Å². The minimum atomic E-state index is -0.162. The Balaban J connectivity index is 1.64. The lowest BCUT2D eigenvalue weighted by Crippen LogP contribution is -2.25. The van der Waals surface area contributed by atoms with Gasteiger partial charge in [0.1, 0.15) is 23.0 Å². The Hall–Kier alpha value is -3.01. The SMILES string of the molecule is Cc1ccc(CCNC(=O)c2ccccc2Oc2ccccc2)o1. The number of para-hydroxylation sites is 2. The van der Waals surface area contributed by atoms with Gasteiger partial charge in [0, 0.05) is 13.0 Å². The average molecular weight is 321 g/mol. The van der Waals surface area contributed by atoms with Gasteiger partial charge in [-0.1, -0.05) is 30.3 Å². The van der Waals surface area contributed by atoms with Gasteiger partial charge in [0.2, 0.25) is 0 Å². The molecular weight excluding hydrogens is 302 g/mol. The molecule has 1 N–H and O–H groups in total. The van der Waals surface area contributed by atoms with E-state index in [4.69, 9.17) is 9.15 Å². The maximum Gasteiger partial charge on any atom is 0.255 e. The van der Waals surface area contributed by atoms with E-state index >= 15 is 0 Å². The molecule has 1 heterocycles. The first-order chi connectivity index (χ1) is 11.7. The molecule has 0 spiro atoms. The number of furan rings is 1. The first-order valence-corrected chi connectivity index (χ1v) is 7.88. The molecule has 0 aliphatic carbocycles. The van der Waals surface area contributed by atoms with Gasteiger partial charge >= 0.3 is 0 Å². The number of benzene rings is 2. The Morgan fingerprint density at radius 3 is 2.50 bits per heavy atom. The van der Waals surface area contributed by atoms with Crippen LogP contribution < -0.4 is 10.1 Å². The fraction of sp³-hybridized carbons (Fsp3) is 0.150. The van der Waals surface area contributed by atoms with Crippen LogP contribution in [0.25, 0.3) is 0 Å². The van der Waals surface area contributed by atoms with E-state index in [2.05, 4.69) is 5.32 Å². The molecule has 1 aromatic heterocycles. The third-order valence-corrected chi connectivity index (χ3v) is 3.56. The van der Waals surface area contributed by atoms with Crippen molar-refractivity contribution in [2.45, 2.75) is 13.3 Å². The topological polar surface area (TPSA) is 51.5 Å². The van der Waals surface area contributed by atoms with Crippen LogP contribution in [0.15, 0.2) is 71.1 Å². The van der Waals surface area contributed by atoms with Gasteiger partial charge < -0.3 is 14.5 Å². The summed E-state index contributed by atoms with van der Waals surface area (Å²) in [6.07, 6.45) is 0.654. The second-order valence-corrected chi connectivity index (χ2v) is 5.43. The van der Waals surface area contributed by atoms with Crippen LogP contribution in [0.5, 0.6) is 11.5 Å². The van der Waals surface area contributed by atoms with Gasteiger partial charge in [-0.15, -0.1) is 0 Å². The molecule has 3 rings (SSSR count). The Bertz CT molecular complexity index is 809. The molecule has 4 nitrogen and oxygen atoms in total. The van der Waals surface area contributed by atoms with Gasteiger partial charge in [0.15, 0.2) is 0 Å². The maximum absolute atomic E-state index is 12.4. The van der Waals surface area contributed by atoms with Gasteiger partial charge in [-0.05, 0) is 43.3 Å². The number of ether oxygens (including phenoxy) is 1. The van der Waals surface area contributed by atoms with Gasteiger partial charge in [-0.2, -0.15) is 0 Å². The molecule has 0 saturated heterocycles. The minimum absolute atomic E-state index is 0.162. The van der Waals surface area contributed by atoms with Crippen LogP contribution in [0.4, 0.5) is 0 Å². The summed E-state index contributed by atoms with van der Waals surface area (Å²) in [6, 6.07) is 20.5. The summed E-state index contributed by atoms with van der Waals surface area (Å²) in [5, 5.41) is 2.90. The molecule has 24 heavy (non-hydrogen) atoms.